The second-order valence-electron chi connectivity index (χ2n) is 9.44. The quantitative estimate of drug-likeness (QED) is 0.235. The van der Waals surface area contributed by atoms with Crippen LogP contribution in [0.2, 0.25) is 0 Å². The first-order valence-electron chi connectivity index (χ1n) is 11.9. The van der Waals surface area contributed by atoms with E-state index in [1.54, 1.807) is 17.0 Å². The summed E-state index contributed by atoms with van der Waals surface area (Å²) in [6, 6.07) is 11.0. The lowest BCUT2D eigenvalue weighted by atomic mass is 10.1. The molecule has 2 aromatic heterocycles. The molecular weight excluding hydrogens is 482 g/mol. The number of fused-ring (bicyclic) bond motifs is 1. The van der Waals surface area contributed by atoms with Crippen molar-refractivity contribution >= 4 is 39.8 Å². The molecule has 1 N–H and O–H groups in total. The minimum Gasteiger partial charge on any atom is -0.368 e. The van der Waals surface area contributed by atoms with Gasteiger partial charge in [0.15, 0.2) is 0 Å². The Balaban J connectivity index is 0.00000400. The first kappa shape index (κ1) is 28.3. The number of aryl methyl sites for hydroxylation is 2. The highest BCUT2D eigenvalue weighted by Crippen LogP contribution is 2.35. The number of hydrogen-bond acceptors (Lipinski definition) is 8. The van der Waals surface area contributed by atoms with Gasteiger partial charge in [0.05, 0.1) is 21.8 Å². The topological polar surface area (TPSA) is 109 Å². The molecule has 0 aliphatic rings. The minimum atomic E-state index is -0.371. The van der Waals surface area contributed by atoms with E-state index in [0.717, 1.165) is 34.1 Å². The first-order valence-corrected chi connectivity index (χ1v) is 11.9. The predicted molar refractivity (Wildman–Crippen MR) is 154 cm³/mol. The molecule has 200 valence electrons. The Hall–Kier alpha value is -4.31. The number of nitrogens with zero attached hydrogens (tertiary/aromatic N) is 6. The van der Waals surface area contributed by atoms with Gasteiger partial charge in [0, 0.05) is 56.5 Å². The van der Waals surface area contributed by atoms with E-state index in [1.165, 1.54) is 13.0 Å². The number of carbonyl (C=O) groups is 1. The number of nitro benzene ring substituents is 1. The zero-order chi connectivity index (χ0) is 26.9. The van der Waals surface area contributed by atoms with E-state index in [4.69, 9.17) is 4.98 Å². The van der Waals surface area contributed by atoms with Crippen molar-refractivity contribution in [3.8, 4) is 11.3 Å². The van der Waals surface area contributed by atoms with Crippen molar-refractivity contribution in [1.29, 1.82) is 0 Å². The molecule has 0 aliphatic heterocycles. The summed E-state index contributed by atoms with van der Waals surface area (Å²) in [6.45, 7) is 6.75. The number of para-hydroxylation sites is 1. The molecule has 0 amide bonds. The number of nitro groups is 1. The fraction of sp³-hybridized carbons (Fsp3) is 0.321. The third-order valence-electron chi connectivity index (χ3n) is 6.34. The highest BCUT2D eigenvalue weighted by atomic mass is 16.6. The summed E-state index contributed by atoms with van der Waals surface area (Å²) in [5.74, 6) is 0.220. The average Bonchev–Trinajstić information content (AvgIpc) is 3.24. The van der Waals surface area contributed by atoms with Crippen molar-refractivity contribution in [3.63, 3.8) is 0 Å². The van der Waals surface area contributed by atoms with Gasteiger partial charge in [-0.25, -0.2) is 9.97 Å². The van der Waals surface area contributed by atoms with Crippen LogP contribution < -0.4 is 10.2 Å². The molecule has 4 rings (SSSR count). The van der Waals surface area contributed by atoms with Crippen LogP contribution in [0.15, 0.2) is 48.8 Å². The first-order chi connectivity index (χ1) is 17.6. The number of nitrogens with one attached hydrogen (secondary N) is 1. The predicted octanol–water partition coefficient (Wildman–Crippen LogP) is 5.66. The zero-order valence-electron chi connectivity index (χ0n) is 21.9. The number of aromatic nitrogens is 3. The van der Waals surface area contributed by atoms with Gasteiger partial charge in [-0.2, -0.15) is 0 Å². The van der Waals surface area contributed by atoms with Gasteiger partial charge in [-0.1, -0.05) is 25.6 Å². The average molecular weight is 518 g/mol. The lowest BCUT2D eigenvalue weighted by molar-refractivity contribution is -0.384. The molecule has 0 saturated heterocycles. The Morgan fingerprint density at radius 1 is 1.11 bits per heavy atom. The minimum absolute atomic E-state index is 0. The molecule has 0 radical (unpaired) electrons. The van der Waals surface area contributed by atoms with E-state index in [9.17, 15) is 14.9 Å². The molecule has 10 heteroatoms. The van der Waals surface area contributed by atoms with Crippen LogP contribution in [-0.2, 0) is 0 Å². The summed E-state index contributed by atoms with van der Waals surface area (Å²) < 4.78 is 1.61. The van der Waals surface area contributed by atoms with E-state index >= 15 is 0 Å². The van der Waals surface area contributed by atoms with Gasteiger partial charge in [0.25, 0.3) is 5.69 Å². The number of benzene rings is 2. The summed E-state index contributed by atoms with van der Waals surface area (Å²) in [5, 5.41) is 16.0. The molecular formula is C28H35N7O3. The number of likely N-dealkylation sites (N-methyl/N-ethyl adjacent to an activating group) is 2. The fourth-order valence-electron chi connectivity index (χ4n) is 4.26. The highest BCUT2D eigenvalue weighted by molar-refractivity contribution is 6.01. The standard InChI is InChI=1S/C27H31N7O3.CH4/c1-17-13-24(32(6)12-11-31(4)5)25(34(36)37)14-22(17)29-27-28-15-18(2)26(30-27)21-16-33(19(3)35)23-10-8-7-9-20(21)23;/h7-10,13-16H,11-12H2,1-6H3,(H,28,29,30);1H4. The molecule has 4 aromatic rings. The summed E-state index contributed by atoms with van der Waals surface area (Å²) >= 11 is 0. The molecule has 0 spiro atoms. The van der Waals surface area contributed by atoms with Crippen LogP contribution in [0.5, 0.6) is 0 Å². The molecule has 0 atom stereocenters. The van der Waals surface area contributed by atoms with Crippen molar-refractivity contribution < 1.29 is 9.72 Å². The van der Waals surface area contributed by atoms with Crippen molar-refractivity contribution in [1.82, 2.24) is 19.4 Å². The Morgan fingerprint density at radius 2 is 1.82 bits per heavy atom. The monoisotopic (exact) mass is 517 g/mol. The van der Waals surface area contributed by atoms with Crippen LogP contribution in [0.4, 0.5) is 23.0 Å². The van der Waals surface area contributed by atoms with E-state index in [1.807, 2.05) is 75.1 Å². The number of carbonyl (C=O) groups excluding carboxylic acids is 1. The molecule has 0 bridgehead atoms. The van der Waals surface area contributed by atoms with Crippen LogP contribution in [0.3, 0.4) is 0 Å². The summed E-state index contributed by atoms with van der Waals surface area (Å²) in [6.07, 6.45) is 3.50. The van der Waals surface area contributed by atoms with E-state index < -0.39 is 0 Å². The largest absolute Gasteiger partial charge is 0.368 e. The number of anilines is 3. The lowest BCUT2D eigenvalue weighted by Gasteiger charge is -2.22. The van der Waals surface area contributed by atoms with Crippen LogP contribution in [0, 0.1) is 24.0 Å². The molecule has 38 heavy (non-hydrogen) atoms. The Bertz CT molecular complexity index is 1490. The van der Waals surface area contributed by atoms with Gasteiger partial charge in [0.1, 0.15) is 5.69 Å². The number of rotatable bonds is 8. The van der Waals surface area contributed by atoms with Gasteiger partial charge in [-0.05, 0) is 51.2 Å². The summed E-state index contributed by atoms with van der Waals surface area (Å²) in [5.41, 5.74) is 5.09. The third-order valence-corrected chi connectivity index (χ3v) is 6.34. The molecule has 0 aliphatic carbocycles. The lowest BCUT2D eigenvalue weighted by Crippen LogP contribution is -2.29. The van der Waals surface area contributed by atoms with Gasteiger partial charge in [-0.15, -0.1) is 0 Å². The van der Waals surface area contributed by atoms with E-state index in [0.29, 0.717) is 29.6 Å². The summed E-state index contributed by atoms with van der Waals surface area (Å²) in [4.78, 5) is 36.9. The fourth-order valence-corrected chi connectivity index (χ4v) is 4.26. The van der Waals surface area contributed by atoms with Crippen molar-refractivity contribution in [2.75, 3.05) is 44.4 Å². The van der Waals surface area contributed by atoms with E-state index in [2.05, 4.69) is 10.3 Å². The second-order valence-corrected chi connectivity index (χ2v) is 9.44. The van der Waals surface area contributed by atoms with Gasteiger partial charge in [0.2, 0.25) is 11.9 Å². The zero-order valence-corrected chi connectivity index (χ0v) is 21.9. The maximum Gasteiger partial charge on any atom is 0.294 e. The Labute approximate surface area is 223 Å². The molecule has 10 nitrogen and oxygen atoms in total. The Morgan fingerprint density at radius 3 is 2.47 bits per heavy atom. The molecule has 0 fully saturated rings. The van der Waals surface area contributed by atoms with Gasteiger partial charge < -0.3 is 15.1 Å². The highest BCUT2D eigenvalue weighted by Gasteiger charge is 2.21. The molecule has 2 aromatic carbocycles. The third kappa shape index (κ3) is 5.65. The summed E-state index contributed by atoms with van der Waals surface area (Å²) in [7, 11) is 5.79. The number of hydrogen-bond donors (Lipinski definition) is 1. The molecule has 0 unspecified atom stereocenters. The Kier molecular flexibility index (Phi) is 8.47. The van der Waals surface area contributed by atoms with Crippen LogP contribution in [-0.4, -0.2) is 64.5 Å². The van der Waals surface area contributed by atoms with Crippen molar-refractivity contribution in [2.24, 2.45) is 0 Å². The van der Waals surface area contributed by atoms with Crippen molar-refractivity contribution in [2.45, 2.75) is 28.2 Å². The SMILES string of the molecule is C.CC(=O)n1cc(-c2nc(Nc3cc([N+](=O)[O-])c(N(C)CCN(C)C)cc3C)ncc2C)c2ccccc21. The molecule has 0 saturated carbocycles. The maximum atomic E-state index is 12.2. The normalized spacial score (nSPS) is 10.9. The second kappa shape index (κ2) is 11.4. The maximum absolute atomic E-state index is 12.2. The van der Waals surface area contributed by atoms with Crippen LogP contribution >= 0.6 is 0 Å². The van der Waals surface area contributed by atoms with Crippen molar-refractivity contribution in [3.05, 3.63) is 70.0 Å². The van der Waals surface area contributed by atoms with E-state index in [-0.39, 0.29) is 23.9 Å². The van der Waals surface area contributed by atoms with Crippen LogP contribution in [0.1, 0.15) is 30.3 Å². The van der Waals surface area contributed by atoms with Crippen LogP contribution in [0.25, 0.3) is 22.2 Å². The van der Waals surface area contributed by atoms with Gasteiger partial charge in [-0.3, -0.25) is 19.5 Å². The smallest absolute Gasteiger partial charge is 0.294 e. The van der Waals surface area contributed by atoms with Gasteiger partial charge >= 0.3 is 0 Å². The molecule has 2 heterocycles.